The van der Waals surface area contributed by atoms with E-state index in [9.17, 15) is 9.18 Å². The van der Waals surface area contributed by atoms with Crippen LogP contribution < -0.4 is 5.32 Å². The molecule has 1 aromatic heterocycles. The standard InChI is InChI=1S/C22H23FN4OS/c1-14-7-9-16(10-8-14)13-24-21(28)15(2)29-22-26-25-20(27(22)17-11-12-17)18-5-3-4-6-19(18)23/h3-10,15,17H,11-13H2,1-2H3,(H,24,28)/t15-/m1/s1. The summed E-state index contributed by atoms with van der Waals surface area (Å²) in [6, 6.07) is 14.9. The van der Waals surface area contributed by atoms with Crippen molar-refractivity contribution < 1.29 is 9.18 Å². The number of benzene rings is 2. The van der Waals surface area contributed by atoms with Gasteiger partial charge in [-0.2, -0.15) is 0 Å². The van der Waals surface area contributed by atoms with Crippen molar-refractivity contribution >= 4 is 17.7 Å². The van der Waals surface area contributed by atoms with Crippen LogP contribution in [-0.2, 0) is 11.3 Å². The van der Waals surface area contributed by atoms with Gasteiger partial charge in [-0.3, -0.25) is 9.36 Å². The van der Waals surface area contributed by atoms with Crippen molar-refractivity contribution in [2.75, 3.05) is 0 Å². The Kier molecular flexibility index (Phi) is 5.67. The number of halogens is 1. The quantitative estimate of drug-likeness (QED) is 0.582. The number of aryl methyl sites for hydroxylation is 1. The SMILES string of the molecule is Cc1ccc(CNC(=O)[C@@H](C)Sc2nnc(-c3ccccc3F)n2C2CC2)cc1. The number of carbonyl (C=O) groups excluding carboxylic acids is 1. The second kappa shape index (κ2) is 8.37. The minimum Gasteiger partial charge on any atom is -0.351 e. The second-order valence-electron chi connectivity index (χ2n) is 7.35. The minimum absolute atomic E-state index is 0.0617. The summed E-state index contributed by atoms with van der Waals surface area (Å²) in [7, 11) is 0. The van der Waals surface area contributed by atoms with Gasteiger partial charge in [0.2, 0.25) is 5.91 Å². The summed E-state index contributed by atoms with van der Waals surface area (Å²) in [5.74, 6) is 0.149. The van der Waals surface area contributed by atoms with Crippen molar-refractivity contribution in [1.29, 1.82) is 0 Å². The first-order chi connectivity index (χ1) is 14.0. The molecule has 5 nitrogen and oxygen atoms in total. The number of hydrogen-bond acceptors (Lipinski definition) is 4. The number of hydrogen-bond donors (Lipinski definition) is 1. The predicted octanol–water partition coefficient (Wildman–Crippen LogP) is 4.52. The number of nitrogens with zero attached hydrogens (tertiary/aromatic N) is 3. The highest BCUT2D eigenvalue weighted by Gasteiger charge is 2.32. The van der Waals surface area contributed by atoms with Crippen LogP contribution in [0.2, 0.25) is 0 Å². The van der Waals surface area contributed by atoms with E-state index in [-0.39, 0.29) is 23.0 Å². The molecular formula is C22H23FN4OS. The smallest absolute Gasteiger partial charge is 0.233 e. The van der Waals surface area contributed by atoms with E-state index in [1.807, 2.05) is 42.7 Å². The van der Waals surface area contributed by atoms with E-state index in [0.29, 0.717) is 23.1 Å². The lowest BCUT2D eigenvalue weighted by Crippen LogP contribution is -2.30. The lowest BCUT2D eigenvalue weighted by atomic mass is 10.1. The van der Waals surface area contributed by atoms with Crippen LogP contribution >= 0.6 is 11.8 Å². The van der Waals surface area contributed by atoms with E-state index in [4.69, 9.17) is 0 Å². The largest absolute Gasteiger partial charge is 0.351 e. The van der Waals surface area contributed by atoms with Crippen LogP contribution in [0.4, 0.5) is 4.39 Å². The molecule has 0 bridgehead atoms. The summed E-state index contributed by atoms with van der Waals surface area (Å²) in [4.78, 5) is 12.6. The van der Waals surface area contributed by atoms with Gasteiger partial charge >= 0.3 is 0 Å². The molecule has 1 atom stereocenters. The summed E-state index contributed by atoms with van der Waals surface area (Å²) in [6.07, 6.45) is 2.03. The molecule has 1 fully saturated rings. The van der Waals surface area contributed by atoms with Crippen LogP contribution in [0.5, 0.6) is 0 Å². The molecule has 1 heterocycles. The molecule has 150 valence electrons. The minimum atomic E-state index is -0.337. The van der Waals surface area contributed by atoms with Gasteiger partial charge in [0, 0.05) is 12.6 Å². The maximum atomic E-state index is 14.3. The lowest BCUT2D eigenvalue weighted by Gasteiger charge is -2.13. The summed E-state index contributed by atoms with van der Waals surface area (Å²) >= 11 is 1.36. The zero-order chi connectivity index (χ0) is 20.4. The number of aromatic nitrogens is 3. The number of carbonyl (C=O) groups is 1. The molecule has 1 aliphatic rings. The van der Waals surface area contributed by atoms with E-state index >= 15 is 0 Å². The predicted molar refractivity (Wildman–Crippen MR) is 112 cm³/mol. The third-order valence-corrected chi connectivity index (χ3v) is 5.99. The molecule has 2 aromatic carbocycles. The highest BCUT2D eigenvalue weighted by atomic mass is 32.2. The van der Waals surface area contributed by atoms with Crippen molar-refractivity contribution in [3.63, 3.8) is 0 Å². The zero-order valence-corrected chi connectivity index (χ0v) is 17.2. The van der Waals surface area contributed by atoms with Crippen molar-refractivity contribution in [2.24, 2.45) is 0 Å². The highest BCUT2D eigenvalue weighted by Crippen LogP contribution is 2.42. The van der Waals surface area contributed by atoms with E-state index in [2.05, 4.69) is 15.5 Å². The summed E-state index contributed by atoms with van der Waals surface area (Å²) in [5.41, 5.74) is 2.69. The van der Waals surface area contributed by atoms with Gasteiger partial charge in [-0.05, 0) is 44.4 Å². The molecule has 0 saturated heterocycles. The fraction of sp³-hybridized carbons (Fsp3) is 0.318. The molecule has 3 aromatic rings. The fourth-order valence-electron chi connectivity index (χ4n) is 3.10. The molecule has 7 heteroatoms. The Hall–Kier alpha value is -2.67. The van der Waals surface area contributed by atoms with E-state index in [1.54, 1.807) is 18.2 Å². The van der Waals surface area contributed by atoms with Gasteiger partial charge in [-0.15, -0.1) is 10.2 Å². The number of thioether (sulfide) groups is 1. The first kappa shape index (κ1) is 19.6. The van der Waals surface area contributed by atoms with Crippen LogP contribution in [0.25, 0.3) is 11.4 Å². The van der Waals surface area contributed by atoms with Crippen molar-refractivity contribution in [1.82, 2.24) is 20.1 Å². The van der Waals surface area contributed by atoms with E-state index in [1.165, 1.54) is 23.4 Å². The molecule has 0 spiro atoms. The van der Waals surface area contributed by atoms with E-state index in [0.717, 1.165) is 18.4 Å². The summed E-state index contributed by atoms with van der Waals surface area (Å²) in [5, 5.41) is 11.8. The average Bonchev–Trinajstić information content (AvgIpc) is 3.48. The fourth-order valence-corrected chi connectivity index (χ4v) is 4.04. The van der Waals surface area contributed by atoms with Gasteiger partial charge in [0.25, 0.3) is 0 Å². The maximum absolute atomic E-state index is 14.3. The number of rotatable bonds is 7. The third kappa shape index (κ3) is 4.50. The Bertz CT molecular complexity index is 1010. The lowest BCUT2D eigenvalue weighted by molar-refractivity contribution is -0.120. The van der Waals surface area contributed by atoms with Crippen LogP contribution in [0.15, 0.2) is 53.7 Å². The Morgan fingerprint density at radius 1 is 1.21 bits per heavy atom. The average molecular weight is 411 g/mol. The Morgan fingerprint density at radius 2 is 1.93 bits per heavy atom. The normalized spacial score (nSPS) is 14.6. The first-order valence-corrected chi connectivity index (χ1v) is 10.6. The third-order valence-electron chi connectivity index (χ3n) is 4.93. The van der Waals surface area contributed by atoms with Crippen molar-refractivity contribution in [3.8, 4) is 11.4 Å². The van der Waals surface area contributed by atoms with Gasteiger partial charge in [0.15, 0.2) is 11.0 Å². The van der Waals surface area contributed by atoms with Crippen LogP contribution in [0.1, 0.15) is 36.9 Å². The summed E-state index contributed by atoms with van der Waals surface area (Å²) in [6.45, 7) is 4.37. The molecule has 1 amide bonds. The van der Waals surface area contributed by atoms with Crippen LogP contribution in [-0.4, -0.2) is 25.9 Å². The molecule has 0 unspecified atom stereocenters. The Morgan fingerprint density at radius 3 is 2.62 bits per heavy atom. The molecule has 29 heavy (non-hydrogen) atoms. The molecule has 1 N–H and O–H groups in total. The maximum Gasteiger partial charge on any atom is 0.233 e. The highest BCUT2D eigenvalue weighted by molar-refractivity contribution is 8.00. The topological polar surface area (TPSA) is 59.8 Å². The van der Waals surface area contributed by atoms with E-state index < -0.39 is 0 Å². The Balaban J connectivity index is 1.47. The number of nitrogens with one attached hydrogen (secondary N) is 1. The summed E-state index contributed by atoms with van der Waals surface area (Å²) < 4.78 is 16.3. The van der Waals surface area contributed by atoms with Crippen molar-refractivity contribution in [2.45, 2.75) is 49.7 Å². The van der Waals surface area contributed by atoms with Gasteiger partial charge in [0.1, 0.15) is 5.82 Å². The van der Waals surface area contributed by atoms with Gasteiger partial charge in [-0.25, -0.2) is 4.39 Å². The molecule has 0 aliphatic heterocycles. The van der Waals surface area contributed by atoms with Gasteiger partial charge in [0.05, 0.1) is 10.8 Å². The monoisotopic (exact) mass is 410 g/mol. The number of amides is 1. The molecule has 0 radical (unpaired) electrons. The molecule has 1 aliphatic carbocycles. The zero-order valence-electron chi connectivity index (χ0n) is 16.4. The van der Waals surface area contributed by atoms with Gasteiger partial charge in [-0.1, -0.05) is 53.7 Å². The van der Waals surface area contributed by atoms with Crippen LogP contribution in [0, 0.1) is 12.7 Å². The Labute approximate surface area is 173 Å². The van der Waals surface area contributed by atoms with Crippen molar-refractivity contribution in [3.05, 3.63) is 65.5 Å². The first-order valence-electron chi connectivity index (χ1n) is 9.72. The molecular weight excluding hydrogens is 387 g/mol. The molecule has 4 rings (SSSR count). The molecule has 1 saturated carbocycles. The van der Waals surface area contributed by atoms with Crippen LogP contribution in [0.3, 0.4) is 0 Å². The second-order valence-corrected chi connectivity index (χ2v) is 8.66. The van der Waals surface area contributed by atoms with Gasteiger partial charge < -0.3 is 5.32 Å².